The van der Waals surface area contributed by atoms with Crippen LogP contribution in [0.4, 0.5) is 0 Å². The molecule has 34 heavy (non-hydrogen) atoms. The lowest BCUT2D eigenvalue weighted by molar-refractivity contribution is -0.138. The van der Waals surface area contributed by atoms with E-state index in [1.54, 1.807) is 18.5 Å². The summed E-state index contributed by atoms with van der Waals surface area (Å²) in [7, 11) is -1.88. The number of aryl methyl sites for hydroxylation is 2. The second-order valence-electron chi connectivity index (χ2n) is 9.29. The SMILES string of the molecule is Cc1nc(S(=O)(=O)N2CCC(C(=O)N3CCC(n4c(=O)[nH]c5ccccc54)CC3)CC2)cn1C. The fraction of sp³-hybridized carbons (Fsp3) is 0.522. The molecule has 0 saturated carbocycles. The van der Waals surface area contributed by atoms with Crippen LogP contribution < -0.4 is 5.69 Å². The van der Waals surface area contributed by atoms with Crippen LogP contribution in [0.1, 0.15) is 37.5 Å². The van der Waals surface area contributed by atoms with Crippen molar-refractivity contribution in [3.05, 3.63) is 46.8 Å². The van der Waals surface area contributed by atoms with Gasteiger partial charge < -0.3 is 14.5 Å². The number of fused-ring (bicyclic) bond motifs is 1. The van der Waals surface area contributed by atoms with Gasteiger partial charge in [-0.25, -0.2) is 18.2 Å². The highest BCUT2D eigenvalue weighted by atomic mass is 32.2. The minimum atomic E-state index is -3.65. The maximum Gasteiger partial charge on any atom is 0.326 e. The monoisotopic (exact) mass is 486 g/mol. The maximum atomic E-state index is 13.2. The number of sulfonamides is 1. The number of amides is 1. The van der Waals surface area contributed by atoms with Crippen molar-refractivity contribution in [3.8, 4) is 0 Å². The summed E-state index contributed by atoms with van der Waals surface area (Å²) in [6, 6.07) is 7.72. The smallest absolute Gasteiger partial charge is 0.326 e. The zero-order valence-corrected chi connectivity index (χ0v) is 20.3. The van der Waals surface area contributed by atoms with E-state index in [9.17, 15) is 18.0 Å². The molecule has 0 bridgehead atoms. The van der Waals surface area contributed by atoms with E-state index < -0.39 is 10.0 Å². The first kappa shape index (κ1) is 22.9. The van der Waals surface area contributed by atoms with Gasteiger partial charge in [-0.15, -0.1) is 0 Å². The molecule has 2 aliphatic heterocycles. The lowest BCUT2D eigenvalue weighted by Crippen LogP contribution is -2.47. The van der Waals surface area contributed by atoms with Crippen LogP contribution in [0.2, 0.25) is 0 Å². The number of likely N-dealkylation sites (tertiary alicyclic amines) is 1. The zero-order chi connectivity index (χ0) is 24.0. The molecule has 182 valence electrons. The summed E-state index contributed by atoms with van der Waals surface area (Å²) in [6.07, 6.45) is 3.99. The van der Waals surface area contributed by atoms with Crippen molar-refractivity contribution in [2.45, 2.75) is 43.7 Å². The van der Waals surface area contributed by atoms with Crippen LogP contribution >= 0.6 is 0 Å². The minimum absolute atomic E-state index is 0.0570. The molecule has 4 heterocycles. The van der Waals surface area contributed by atoms with E-state index in [0.29, 0.717) is 44.8 Å². The summed E-state index contributed by atoms with van der Waals surface area (Å²) in [5, 5.41) is 0.0619. The predicted molar refractivity (Wildman–Crippen MR) is 127 cm³/mol. The van der Waals surface area contributed by atoms with Gasteiger partial charge in [-0.3, -0.25) is 9.36 Å². The van der Waals surface area contributed by atoms with Gasteiger partial charge in [0.2, 0.25) is 5.91 Å². The quantitative estimate of drug-likeness (QED) is 0.602. The normalized spacial score (nSPS) is 19.2. The van der Waals surface area contributed by atoms with E-state index >= 15 is 0 Å². The first-order chi connectivity index (χ1) is 16.3. The molecule has 0 radical (unpaired) electrons. The van der Waals surface area contributed by atoms with Crippen molar-refractivity contribution in [3.63, 3.8) is 0 Å². The first-order valence-electron chi connectivity index (χ1n) is 11.7. The number of hydrogen-bond donors (Lipinski definition) is 1. The highest BCUT2D eigenvalue weighted by molar-refractivity contribution is 7.89. The molecule has 2 aromatic heterocycles. The van der Waals surface area contributed by atoms with E-state index in [1.807, 2.05) is 33.7 Å². The summed E-state index contributed by atoms with van der Waals surface area (Å²) in [5.74, 6) is 0.557. The number of piperidine rings is 2. The van der Waals surface area contributed by atoms with Crippen molar-refractivity contribution < 1.29 is 13.2 Å². The van der Waals surface area contributed by atoms with E-state index in [2.05, 4.69) is 9.97 Å². The molecule has 0 unspecified atom stereocenters. The third-order valence-electron chi connectivity index (χ3n) is 7.26. The Kier molecular flexibility index (Phi) is 5.85. The van der Waals surface area contributed by atoms with Crippen LogP contribution in [0.5, 0.6) is 0 Å². The lowest BCUT2D eigenvalue weighted by Gasteiger charge is -2.37. The average Bonchev–Trinajstić information content (AvgIpc) is 3.37. The Morgan fingerprint density at radius 3 is 2.38 bits per heavy atom. The fourth-order valence-electron chi connectivity index (χ4n) is 5.17. The number of aromatic amines is 1. The van der Waals surface area contributed by atoms with E-state index in [0.717, 1.165) is 23.9 Å². The van der Waals surface area contributed by atoms with Crippen LogP contribution in [0.3, 0.4) is 0 Å². The largest absolute Gasteiger partial charge is 0.342 e. The highest BCUT2D eigenvalue weighted by Crippen LogP contribution is 2.29. The van der Waals surface area contributed by atoms with Gasteiger partial charge in [0, 0.05) is 51.4 Å². The molecule has 3 aromatic rings. The van der Waals surface area contributed by atoms with Gasteiger partial charge in [-0.1, -0.05) is 12.1 Å². The van der Waals surface area contributed by atoms with Gasteiger partial charge in [-0.05, 0) is 44.7 Å². The Labute approximate surface area is 198 Å². The number of nitrogens with one attached hydrogen (secondary N) is 1. The van der Waals surface area contributed by atoms with Crippen molar-refractivity contribution in [2.24, 2.45) is 13.0 Å². The van der Waals surface area contributed by atoms with Gasteiger partial charge in [0.1, 0.15) is 5.82 Å². The minimum Gasteiger partial charge on any atom is -0.342 e. The molecule has 10 nitrogen and oxygen atoms in total. The number of imidazole rings is 2. The highest BCUT2D eigenvalue weighted by Gasteiger charge is 2.36. The molecule has 1 aromatic carbocycles. The third-order valence-corrected chi connectivity index (χ3v) is 9.03. The molecule has 2 aliphatic rings. The lowest BCUT2D eigenvalue weighted by atomic mass is 9.94. The van der Waals surface area contributed by atoms with Gasteiger partial charge >= 0.3 is 5.69 Å². The first-order valence-corrected chi connectivity index (χ1v) is 13.2. The van der Waals surface area contributed by atoms with Gasteiger partial charge in [0.15, 0.2) is 5.03 Å². The van der Waals surface area contributed by atoms with Crippen molar-refractivity contribution in [1.82, 2.24) is 28.3 Å². The predicted octanol–water partition coefficient (Wildman–Crippen LogP) is 1.64. The molecule has 2 saturated heterocycles. The van der Waals surface area contributed by atoms with Crippen molar-refractivity contribution in [1.29, 1.82) is 0 Å². The van der Waals surface area contributed by atoms with E-state index in [1.165, 1.54) is 10.5 Å². The molecule has 2 fully saturated rings. The molecule has 11 heteroatoms. The summed E-state index contributed by atoms with van der Waals surface area (Å²) >= 11 is 0. The Balaban J connectivity index is 1.19. The number of nitrogens with zero attached hydrogens (tertiary/aromatic N) is 5. The number of carbonyl (C=O) groups excluding carboxylic acids is 1. The van der Waals surface area contributed by atoms with Crippen LogP contribution in [-0.2, 0) is 21.9 Å². The van der Waals surface area contributed by atoms with Crippen LogP contribution in [0, 0.1) is 12.8 Å². The molecule has 1 N–H and O–H groups in total. The van der Waals surface area contributed by atoms with Crippen LogP contribution in [0.25, 0.3) is 11.0 Å². The second kappa shape index (κ2) is 8.70. The summed E-state index contributed by atoms with van der Waals surface area (Å²) in [6.45, 7) is 3.59. The van der Waals surface area contributed by atoms with Gasteiger partial charge in [0.25, 0.3) is 10.0 Å². The number of carbonyl (C=O) groups is 1. The molecule has 1 amide bonds. The number of benzene rings is 1. The molecule has 0 atom stereocenters. The standard InChI is InChI=1S/C23H30N6O4S/c1-16-24-21(15-26(16)2)34(32,33)28-13-7-17(8-14-28)22(30)27-11-9-18(10-12-27)29-20-6-4-3-5-19(20)25-23(29)31/h3-6,15,17-18H,7-14H2,1-2H3,(H,25,31). The van der Waals surface area contributed by atoms with Crippen molar-refractivity contribution >= 4 is 27.0 Å². The molecular formula is C23H30N6O4S. The topological polar surface area (TPSA) is 113 Å². The average molecular weight is 487 g/mol. The number of aromatic nitrogens is 4. The molecular weight excluding hydrogens is 456 g/mol. The number of H-pyrrole nitrogens is 1. The number of para-hydroxylation sites is 2. The Hall–Kier alpha value is -2.92. The zero-order valence-electron chi connectivity index (χ0n) is 19.5. The van der Waals surface area contributed by atoms with E-state index in [4.69, 9.17) is 0 Å². The summed E-state index contributed by atoms with van der Waals surface area (Å²) in [5.41, 5.74) is 1.62. The Morgan fingerprint density at radius 2 is 1.74 bits per heavy atom. The maximum absolute atomic E-state index is 13.2. The van der Waals surface area contributed by atoms with Crippen LogP contribution in [-0.4, -0.2) is 68.8 Å². The fourth-order valence-corrected chi connectivity index (χ4v) is 6.66. The second-order valence-corrected chi connectivity index (χ2v) is 11.2. The molecule has 0 aliphatic carbocycles. The van der Waals surface area contributed by atoms with Crippen LogP contribution in [0.15, 0.2) is 40.3 Å². The summed E-state index contributed by atoms with van der Waals surface area (Å²) < 4.78 is 30.8. The van der Waals surface area contributed by atoms with Gasteiger partial charge in [-0.2, -0.15) is 4.31 Å². The van der Waals surface area contributed by atoms with Crippen molar-refractivity contribution in [2.75, 3.05) is 26.2 Å². The third kappa shape index (κ3) is 3.96. The summed E-state index contributed by atoms with van der Waals surface area (Å²) in [4.78, 5) is 34.6. The Bertz CT molecular complexity index is 1350. The van der Waals surface area contributed by atoms with Gasteiger partial charge in [0.05, 0.1) is 11.0 Å². The number of rotatable bonds is 4. The molecule has 5 rings (SSSR count). The Morgan fingerprint density at radius 1 is 1.06 bits per heavy atom. The number of hydrogen-bond acceptors (Lipinski definition) is 5. The van der Waals surface area contributed by atoms with E-state index in [-0.39, 0.29) is 28.6 Å². The molecule has 0 spiro atoms.